The minimum Gasteiger partial charge on any atom is -0.870 e. The standard InChI is InChI=1S/2C17H15Cl2N3O2.Na.H2O/c2*1-17(9-2-3-9)15(23)14(16(24)21-17)12-6-11(4-5-13(12)19)22-8-10(18)7-20-22;;/h2*4-9,23H,2-3H2,1H3,(H,21,24);;1H2/q;;+1;/p-1. The number of hydrogen-bond acceptors (Lipinski definition) is 7. The summed E-state index contributed by atoms with van der Waals surface area (Å²) in [5.41, 5.74) is 1.43. The molecule has 2 aromatic carbocycles. The molecule has 4 aromatic rings. The third kappa shape index (κ3) is 6.82. The summed E-state index contributed by atoms with van der Waals surface area (Å²) in [7, 11) is 0. The van der Waals surface area contributed by atoms with E-state index in [0.29, 0.717) is 42.6 Å². The zero-order chi connectivity index (χ0) is 34.1. The monoisotopic (exact) mass is 766 g/mol. The number of nitrogens with zero attached hydrogens (tertiary/aromatic N) is 4. The van der Waals surface area contributed by atoms with Crippen molar-refractivity contribution in [2.24, 2.45) is 11.8 Å². The van der Waals surface area contributed by atoms with Crippen molar-refractivity contribution < 1.29 is 54.8 Å². The fourth-order valence-corrected chi connectivity index (χ4v) is 7.14. The van der Waals surface area contributed by atoms with Gasteiger partial charge in [0.15, 0.2) is 0 Å². The Morgan fingerprint density at radius 2 is 1.06 bits per heavy atom. The van der Waals surface area contributed by atoms with Gasteiger partial charge in [-0.05, 0) is 87.8 Å². The van der Waals surface area contributed by atoms with Crippen molar-refractivity contribution in [3.63, 3.8) is 0 Å². The summed E-state index contributed by atoms with van der Waals surface area (Å²) in [5, 5.41) is 37.4. The van der Waals surface area contributed by atoms with E-state index >= 15 is 0 Å². The molecular formula is C34H31Cl4N6NaO5. The van der Waals surface area contributed by atoms with Gasteiger partial charge in [-0.15, -0.1) is 0 Å². The molecular weight excluding hydrogens is 737 g/mol. The van der Waals surface area contributed by atoms with E-state index < -0.39 is 11.1 Å². The van der Waals surface area contributed by atoms with Crippen LogP contribution >= 0.6 is 46.4 Å². The number of carbonyl (C=O) groups excluding carboxylic acids is 2. The Bertz CT molecular complexity index is 1930. The van der Waals surface area contributed by atoms with Gasteiger partial charge < -0.3 is 26.3 Å². The van der Waals surface area contributed by atoms with Crippen LogP contribution in [0.4, 0.5) is 0 Å². The molecule has 2 aliphatic heterocycles. The second-order valence-corrected chi connectivity index (χ2v) is 14.5. The molecule has 16 heteroatoms. The van der Waals surface area contributed by atoms with E-state index in [2.05, 4.69) is 20.8 Å². The summed E-state index contributed by atoms with van der Waals surface area (Å²) in [5.74, 6) is 0.0515. The van der Waals surface area contributed by atoms with Gasteiger partial charge in [0.2, 0.25) is 0 Å². The molecule has 256 valence electrons. The maximum absolute atomic E-state index is 12.5. The van der Waals surface area contributed by atoms with Gasteiger partial charge in [0.05, 0.1) is 56.0 Å². The van der Waals surface area contributed by atoms with Gasteiger partial charge in [0.1, 0.15) is 11.5 Å². The Morgan fingerprint density at radius 1 is 0.700 bits per heavy atom. The normalized spacial score (nSPS) is 22.8. The number of aliphatic hydroxyl groups excluding tert-OH is 2. The molecule has 0 bridgehead atoms. The van der Waals surface area contributed by atoms with Crippen LogP contribution < -0.4 is 40.2 Å². The van der Waals surface area contributed by atoms with Crippen molar-refractivity contribution in [3.8, 4) is 11.4 Å². The van der Waals surface area contributed by atoms with Gasteiger partial charge in [-0.2, -0.15) is 10.2 Å². The molecule has 5 N–H and O–H groups in total. The van der Waals surface area contributed by atoms with E-state index in [1.165, 1.54) is 12.4 Å². The number of nitrogens with one attached hydrogen (secondary N) is 2. The van der Waals surface area contributed by atoms with Crippen LogP contribution in [-0.2, 0) is 9.59 Å². The van der Waals surface area contributed by atoms with Gasteiger partial charge in [-0.1, -0.05) is 46.4 Å². The third-order valence-corrected chi connectivity index (χ3v) is 10.6. The average Bonchev–Trinajstić information content (AvgIpc) is 3.96. The summed E-state index contributed by atoms with van der Waals surface area (Å²) in [6.07, 6.45) is 10.3. The Labute approximate surface area is 329 Å². The third-order valence-electron chi connectivity index (χ3n) is 9.52. The van der Waals surface area contributed by atoms with E-state index in [4.69, 9.17) is 46.4 Å². The van der Waals surface area contributed by atoms with Crippen molar-refractivity contribution in [2.75, 3.05) is 0 Å². The van der Waals surface area contributed by atoms with Crippen LogP contribution in [0.25, 0.3) is 22.5 Å². The van der Waals surface area contributed by atoms with Gasteiger partial charge >= 0.3 is 29.6 Å². The minimum atomic E-state index is -0.708. The average molecular weight is 768 g/mol. The van der Waals surface area contributed by atoms with Crippen molar-refractivity contribution in [1.82, 2.24) is 30.2 Å². The molecule has 0 saturated heterocycles. The van der Waals surface area contributed by atoms with Gasteiger partial charge in [-0.25, -0.2) is 9.36 Å². The van der Waals surface area contributed by atoms with E-state index in [1.807, 2.05) is 13.8 Å². The molecule has 4 aliphatic rings. The first-order chi connectivity index (χ1) is 22.8. The van der Waals surface area contributed by atoms with Crippen LogP contribution in [0, 0.1) is 11.8 Å². The van der Waals surface area contributed by atoms with Crippen molar-refractivity contribution in [2.45, 2.75) is 50.6 Å². The first-order valence-electron chi connectivity index (χ1n) is 15.3. The van der Waals surface area contributed by atoms with Gasteiger partial charge in [0, 0.05) is 33.6 Å². The number of carbonyl (C=O) groups is 2. The number of amides is 2. The quantitative estimate of drug-likeness (QED) is 0.212. The summed E-state index contributed by atoms with van der Waals surface area (Å²) in [4.78, 5) is 25.0. The molecule has 8 rings (SSSR count). The SMILES string of the molecule is CC1(C2CC2)NC(=O)C(c2cc(-n3cc(Cl)cn3)ccc2Cl)=C1O.CC1(C2CC2)NC(=O)C(c2cc(-n3cc(Cl)cn3)ccc2Cl)=C1O.[Na+].[OH-]. The van der Waals surface area contributed by atoms with Crippen LogP contribution in [0.2, 0.25) is 20.1 Å². The van der Waals surface area contributed by atoms with Crippen molar-refractivity contribution >= 4 is 69.4 Å². The predicted molar refractivity (Wildman–Crippen MR) is 187 cm³/mol. The number of rotatable bonds is 6. The number of hydrogen-bond donors (Lipinski definition) is 4. The first-order valence-corrected chi connectivity index (χ1v) is 16.8. The Hall–Kier alpha value is -3.00. The van der Waals surface area contributed by atoms with Crippen LogP contribution in [0.3, 0.4) is 0 Å². The van der Waals surface area contributed by atoms with Crippen LogP contribution in [0.1, 0.15) is 50.7 Å². The molecule has 2 aliphatic carbocycles. The van der Waals surface area contributed by atoms with Crippen LogP contribution in [0.15, 0.2) is 72.7 Å². The first kappa shape index (κ1) is 38.2. The second kappa shape index (κ2) is 14.2. The summed E-state index contributed by atoms with van der Waals surface area (Å²) < 4.78 is 3.18. The van der Waals surface area contributed by atoms with E-state index in [-0.39, 0.29) is 81.3 Å². The molecule has 50 heavy (non-hydrogen) atoms. The number of halogens is 4. The van der Waals surface area contributed by atoms with E-state index in [1.54, 1.807) is 58.2 Å². The summed E-state index contributed by atoms with van der Waals surface area (Å²) in [6, 6.07) is 10.4. The van der Waals surface area contributed by atoms with Crippen molar-refractivity contribution in [1.29, 1.82) is 0 Å². The molecule has 2 amide bonds. The number of aromatic nitrogens is 4. The van der Waals surface area contributed by atoms with Crippen molar-refractivity contribution in [3.05, 3.63) is 104 Å². The number of benzene rings is 2. The molecule has 2 saturated carbocycles. The molecule has 4 heterocycles. The molecule has 11 nitrogen and oxygen atoms in total. The Morgan fingerprint density at radius 3 is 1.36 bits per heavy atom. The molecule has 2 fully saturated rings. The maximum Gasteiger partial charge on any atom is 1.00 e. The molecule has 2 atom stereocenters. The number of aliphatic hydroxyl groups is 2. The fraction of sp³-hybridized carbons (Fsp3) is 0.294. The Kier molecular flexibility index (Phi) is 10.9. The van der Waals surface area contributed by atoms with Crippen LogP contribution in [0.5, 0.6) is 0 Å². The summed E-state index contributed by atoms with van der Waals surface area (Å²) in [6.45, 7) is 3.71. The van der Waals surface area contributed by atoms with Crippen LogP contribution in [-0.4, -0.2) is 58.1 Å². The molecule has 2 aromatic heterocycles. The van der Waals surface area contributed by atoms with E-state index in [9.17, 15) is 19.8 Å². The largest absolute Gasteiger partial charge is 1.00 e. The fourth-order valence-electron chi connectivity index (χ4n) is 6.44. The topological polar surface area (TPSA) is 164 Å². The molecule has 2 unspecified atom stereocenters. The van der Waals surface area contributed by atoms with E-state index in [0.717, 1.165) is 25.7 Å². The smallest absolute Gasteiger partial charge is 0.870 e. The van der Waals surface area contributed by atoms with Gasteiger partial charge in [-0.3, -0.25) is 9.59 Å². The second-order valence-electron chi connectivity index (χ2n) is 12.8. The molecule has 0 radical (unpaired) electrons. The zero-order valence-electron chi connectivity index (χ0n) is 27.2. The zero-order valence-corrected chi connectivity index (χ0v) is 32.2. The maximum atomic E-state index is 12.5. The predicted octanol–water partition coefficient (Wildman–Crippen LogP) is 4.32. The molecule has 0 spiro atoms. The van der Waals surface area contributed by atoms with Gasteiger partial charge in [0.25, 0.3) is 11.8 Å². The summed E-state index contributed by atoms with van der Waals surface area (Å²) >= 11 is 24.4. The minimum absolute atomic E-state index is 0. The Balaban J connectivity index is 0.000000187.